The molecule has 0 aromatic heterocycles. The van der Waals surface area contributed by atoms with Crippen LogP contribution in [0.15, 0.2) is 11.8 Å². The van der Waals surface area contributed by atoms with Crippen molar-refractivity contribution in [1.29, 1.82) is 0 Å². The molecular formula is C8H13N. The van der Waals surface area contributed by atoms with Crippen LogP contribution >= 0.6 is 0 Å². The van der Waals surface area contributed by atoms with Gasteiger partial charge in [-0.15, -0.1) is 0 Å². The van der Waals surface area contributed by atoms with E-state index in [0.717, 1.165) is 12.0 Å². The van der Waals surface area contributed by atoms with Crippen molar-refractivity contribution < 1.29 is 0 Å². The maximum Gasteiger partial charge on any atom is 0.0321 e. The zero-order valence-electron chi connectivity index (χ0n) is 5.85. The van der Waals surface area contributed by atoms with Crippen LogP contribution in [0.4, 0.5) is 0 Å². The van der Waals surface area contributed by atoms with Gasteiger partial charge in [0.05, 0.1) is 0 Å². The third kappa shape index (κ3) is 0.752. The second-order valence-corrected chi connectivity index (χ2v) is 3.20. The molecule has 1 heteroatoms. The average Bonchev–Trinajstić information content (AvgIpc) is 2.22. The van der Waals surface area contributed by atoms with Crippen molar-refractivity contribution in [2.75, 3.05) is 0 Å². The van der Waals surface area contributed by atoms with E-state index in [1.54, 1.807) is 0 Å². The SMILES string of the molecule is CC1=C[C@@H]2CCC[C@@H]2N1. The van der Waals surface area contributed by atoms with Gasteiger partial charge in [0.15, 0.2) is 0 Å². The monoisotopic (exact) mass is 123 g/mol. The predicted octanol–water partition coefficient (Wildman–Crippen LogP) is 1.66. The highest BCUT2D eigenvalue weighted by molar-refractivity contribution is 5.13. The van der Waals surface area contributed by atoms with Crippen LogP contribution in [0.25, 0.3) is 0 Å². The highest BCUT2D eigenvalue weighted by Gasteiger charge is 2.29. The summed E-state index contributed by atoms with van der Waals surface area (Å²) in [5.41, 5.74) is 1.39. The molecule has 9 heavy (non-hydrogen) atoms. The van der Waals surface area contributed by atoms with Gasteiger partial charge < -0.3 is 5.32 Å². The summed E-state index contributed by atoms with van der Waals surface area (Å²) in [5, 5.41) is 3.48. The van der Waals surface area contributed by atoms with Crippen LogP contribution in [-0.2, 0) is 0 Å². The van der Waals surface area contributed by atoms with Crippen LogP contribution in [0.3, 0.4) is 0 Å². The maximum atomic E-state index is 3.48. The Kier molecular flexibility index (Phi) is 1.04. The van der Waals surface area contributed by atoms with Gasteiger partial charge in [-0.25, -0.2) is 0 Å². The Bertz CT molecular complexity index is 149. The molecule has 1 fully saturated rings. The molecule has 1 saturated carbocycles. The first kappa shape index (κ1) is 5.33. The first-order valence-electron chi connectivity index (χ1n) is 3.81. The lowest BCUT2D eigenvalue weighted by Gasteiger charge is -2.08. The Morgan fingerprint density at radius 3 is 3.22 bits per heavy atom. The number of allylic oxidation sites excluding steroid dienone is 1. The quantitative estimate of drug-likeness (QED) is 0.516. The maximum absolute atomic E-state index is 3.48. The van der Waals surface area contributed by atoms with Crippen LogP contribution in [0.5, 0.6) is 0 Å². The van der Waals surface area contributed by atoms with Crippen LogP contribution < -0.4 is 5.32 Å². The smallest absolute Gasteiger partial charge is 0.0321 e. The molecule has 1 aliphatic heterocycles. The lowest BCUT2D eigenvalue weighted by Crippen LogP contribution is -2.22. The largest absolute Gasteiger partial charge is 0.385 e. The van der Waals surface area contributed by atoms with E-state index in [4.69, 9.17) is 0 Å². The van der Waals surface area contributed by atoms with Gasteiger partial charge in [0.2, 0.25) is 0 Å². The van der Waals surface area contributed by atoms with Crippen LogP contribution in [0.1, 0.15) is 26.2 Å². The van der Waals surface area contributed by atoms with E-state index in [2.05, 4.69) is 18.3 Å². The molecule has 1 heterocycles. The summed E-state index contributed by atoms with van der Waals surface area (Å²) in [6, 6.07) is 0.810. The van der Waals surface area contributed by atoms with Gasteiger partial charge in [-0.2, -0.15) is 0 Å². The van der Waals surface area contributed by atoms with Crippen molar-refractivity contribution in [2.45, 2.75) is 32.2 Å². The van der Waals surface area contributed by atoms with E-state index in [9.17, 15) is 0 Å². The molecule has 2 atom stereocenters. The Morgan fingerprint density at radius 2 is 2.44 bits per heavy atom. The molecule has 0 saturated heterocycles. The Morgan fingerprint density at radius 1 is 1.56 bits per heavy atom. The molecule has 0 aromatic carbocycles. The zero-order chi connectivity index (χ0) is 6.27. The van der Waals surface area contributed by atoms with Gasteiger partial charge in [-0.1, -0.05) is 12.5 Å². The summed E-state index contributed by atoms with van der Waals surface area (Å²) in [5.74, 6) is 0.880. The number of fused-ring (bicyclic) bond motifs is 1. The third-order valence-electron chi connectivity index (χ3n) is 2.45. The number of hydrogen-bond acceptors (Lipinski definition) is 1. The van der Waals surface area contributed by atoms with Gasteiger partial charge >= 0.3 is 0 Å². The van der Waals surface area contributed by atoms with Crippen molar-refractivity contribution in [3.8, 4) is 0 Å². The zero-order valence-corrected chi connectivity index (χ0v) is 5.85. The summed E-state index contributed by atoms with van der Waals surface area (Å²) < 4.78 is 0. The van der Waals surface area contributed by atoms with E-state index in [-0.39, 0.29) is 0 Å². The third-order valence-corrected chi connectivity index (χ3v) is 2.45. The van der Waals surface area contributed by atoms with Gasteiger partial charge in [0.1, 0.15) is 0 Å². The summed E-state index contributed by atoms with van der Waals surface area (Å²) in [4.78, 5) is 0. The molecule has 2 rings (SSSR count). The molecule has 0 unspecified atom stereocenters. The Balaban J connectivity index is 2.13. The summed E-state index contributed by atoms with van der Waals surface area (Å²) in [6.07, 6.45) is 6.61. The van der Waals surface area contributed by atoms with E-state index in [1.807, 2.05) is 0 Å². The lowest BCUT2D eigenvalue weighted by atomic mass is 10.1. The second kappa shape index (κ2) is 1.76. The second-order valence-electron chi connectivity index (χ2n) is 3.20. The van der Waals surface area contributed by atoms with Crippen LogP contribution in [0, 0.1) is 5.92 Å². The lowest BCUT2D eigenvalue weighted by molar-refractivity contribution is 0.548. The summed E-state index contributed by atoms with van der Waals surface area (Å²) >= 11 is 0. The minimum absolute atomic E-state index is 0.810. The molecule has 2 aliphatic rings. The molecule has 1 aliphatic carbocycles. The highest BCUT2D eigenvalue weighted by Crippen LogP contribution is 2.31. The number of nitrogens with one attached hydrogen (secondary N) is 1. The van der Waals surface area contributed by atoms with Gasteiger partial charge in [-0.05, 0) is 25.7 Å². The standard InChI is InChI=1S/C8H13N/c1-6-5-7-3-2-4-8(7)9-6/h5,7-9H,2-4H2,1H3/t7-,8-/m0/s1. The molecule has 0 amide bonds. The van der Waals surface area contributed by atoms with Crippen molar-refractivity contribution in [1.82, 2.24) is 5.32 Å². The summed E-state index contributed by atoms with van der Waals surface area (Å²) in [7, 11) is 0. The molecule has 1 nitrogen and oxygen atoms in total. The van der Waals surface area contributed by atoms with E-state index >= 15 is 0 Å². The van der Waals surface area contributed by atoms with Crippen molar-refractivity contribution in [2.24, 2.45) is 5.92 Å². The van der Waals surface area contributed by atoms with Gasteiger partial charge in [0, 0.05) is 11.7 Å². The molecular weight excluding hydrogens is 110 g/mol. The van der Waals surface area contributed by atoms with Crippen molar-refractivity contribution >= 4 is 0 Å². The topological polar surface area (TPSA) is 12.0 Å². The summed E-state index contributed by atoms with van der Waals surface area (Å²) in [6.45, 7) is 2.16. The Labute approximate surface area is 56.1 Å². The first-order chi connectivity index (χ1) is 4.36. The molecule has 0 aromatic rings. The minimum Gasteiger partial charge on any atom is -0.385 e. The fraction of sp³-hybridized carbons (Fsp3) is 0.750. The van der Waals surface area contributed by atoms with Gasteiger partial charge in [-0.3, -0.25) is 0 Å². The van der Waals surface area contributed by atoms with Crippen molar-refractivity contribution in [3.05, 3.63) is 11.8 Å². The molecule has 0 radical (unpaired) electrons. The minimum atomic E-state index is 0.810. The fourth-order valence-corrected chi connectivity index (χ4v) is 2.03. The Hall–Kier alpha value is -0.460. The van der Waals surface area contributed by atoms with Gasteiger partial charge in [0.25, 0.3) is 0 Å². The first-order valence-corrected chi connectivity index (χ1v) is 3.81. The molecule has 50 valence electrons. The fourth-order valence-electron chi connectivity index (χ4n) is 2.03. The van der Waals surface area contributed by atoms with Crippen molar-refractivity contribution in [3.63, 3.8) is 0 Å². The highest BCUT2D eigenvalue weighted by atomic mass is 15.0. The van der Waals surface area contributed by atoms with Crippen LogP contribution in [0.2, 0.25) is 0 Å². The molecule has 0 spiro atoms. The number of hydrogen-bond donors (Lipinski definition) is 1. The van der Waals surface area contributed by atoms with Crippen LogP contribution in [-0.4, -0.2) is 6.04 Å². The molecule has 1 N–H and O–H groups in total. The normalized spacial score (nSPS) is 39.9. The average molecular weight is 123 g/mol. The number of rotatable bonds is 0. The predicted molar refractivity (Wildman–Crippen MR) is 38.0 cm³/mol. The van der Waals surface area contributed by atoms with E-state index in [1.165, 1.54) is 25.0 Å². The van der Waals surface area contributed by atoms with E-state index in [0.29, 0.717) is 0 Å². The van der Waals surface area contributed by atoms with E-state index < -0.39 is 0 Å². The molecule has 0 bridgehead atoms.